The molecule has 0 spiro atoms. The zero-order chi connectivity index (χ0) is 17.7. The second-order valence-corrected chi connectivity index (χ2v) is 6.79. The molecule has 8 heteroatoms. The van der Waals surface area contributed by atoms with Crippen molar-refractivity contribution in [3.05, 3.63) is 15.7 Å². The molecule has 0 radical (unpaired) electrons. The molecule has 2 aromatic heterocycles. The highest BCUT2D eigenvalue weighted by molar-refractivity contribution is 7.20. The summed E-state index contributed by atoms with van der Waals surface area (Å²) < 4.78 is 10.1. The van der Waals surface area contributed by atoms with Crippen molar-refractivity contribution in [1.82, 2.24) is 9.97 Å². The topological polar surface area (TPSA) is 64.6 Å². The molecule has 2 aromatic rings. The summed E-state index contributed by atoms with van der Waals surface area (Å²) in [7, 11) is 3.54. The van der Waals surface area contributed by atoms with Gasteiger partial charge in [0, 0.05) is 20.7 Å². The molecule has 0 fully saturated rings. The van der Waals surface area contributed by atoms with Crippen LogP contribution in [0.5, 0.6) is 0 Å². The van der Waals surface area contributed by atoms with Crippen molar-refractivity contribution in [2.75, 3.05) is 38.8 Å². The van der Waals surface area contributed by atoms with E-state index in [0.717, 1.165) is 36.2 Å². The first-order valence-electron chi connectivity index (χ1n) is 7.83. The molecule has 0 aliphatic carbocycles. The van der Waals surface area contributed by atoms with Gasteiger partial charge < -0.3 is 14.4 Å². The Labute approximate surface area is 150 Å². The predicted octanol–water partition coefficient (Wildman–Crippen LogP) is 3.69. The number of hydrogen-bond acceptors (Lipinski definition) is 7. The number of fused-ring (bicyclic) bond motifs is 1. The third-order valence-electron chi connectivity index (χ3n) is 3.66. The average Bonchev–Trinajstić information content (AvgIpc) is 2.88. The van der Waals surface area contributed by atoms with Crippen LogP contribution in [0.4, 0.5) is 5.82 Å². The molecular formula is C16H22ClN3O3S. The zero-order valence-electron chi connectivity index (χ0n) is 14.4. The number of esters is 1. The maximum atomic E-state index is 12.3. The first-order valence-corrected chi connectivity index (χ1v) is 9.02. The van der Waals surface area contributed by atoms with Gasteiger partial charge in [-0.1, -0.05) is 13.3 Å². The Hall–Kier alpha value is -1.44. The largest absolute Gasteiger partial charge is 0.459 e. The van der Waals surface area contributed by atoms with Crippen LogP contribution >= 0.6 is 22.9 Å². The monoisotopic (exact) mass is 371 g/mol. The van der Waals surface area contributed by atoms with E-state index in [2.05, 4.69) is 21.8 Å². The minimum absolute atomic E-state index is 0.182. The van der Waals surface area contributed by atoms with Crippen LogP contribution < -0.4 is 4.90 Å². The zero-order valence-corrected chi connectivity index (χ0v) is 16.0. The molecule has 0 N–H and O–H groups in total. The summed E-state index contributed by atoms with van der Waals surface area (Å²) in [5.74, 6) is 0.383. The van der Waals surface area contributed by atoms with E-state index in [1.165, 1.54) is 11.3 Å². The van der Waals surface area contributed by atoms with Gasteiger partial charge in [0.05, 0.1) is 12.0 Å². The first-order chi connectivity index (χ1) is 11.5. The SMILES string of the molecule is CCCCN(C)c1nc(Cl)nc2sc(C(=O)OCCOC)c(C)c12. The molecule has 0 aliphatic rings. The van der Waals surface area contributed by atoms with Crippen molar-refractivity contribution in [2.45, 2.75) is 26.7 Å². The predicted molar refractivity (Wildman–Crippen MR) is 97.5 cm³/mol. The van der Waals surface area contributed by atoms with E-state index < -0.39 is 0 Å². The van der Waals surface area contributed by atoms with E-state index in [9.17, 15) is 4.79 Å². The lowest BCUT2D eigenvalue weighted by atomic mass is 10.2. The van der Waals surface area contributed by atoms with Crippen LogP contribution in [0.1, 0.15) is 35.0 Å². The smallest absolute Gasteiger partial charge is 0.348 e. The molecule has 0 atom stereocenters. The van der Waals surface area contributed by atoms with Crippen molar-refractivity contribution >= 4 is 44.9 Å². The fraction of sp³-hybridized carbons (Fsp3) is 0.562. The van der Waals surface area contributed by atoms with Gasteiger partial charge in [0.15, 0.2) is 0 Å². The standard InChI is InChI=1S/C16H22ClN3O3S/c1-5-6-7-20(3)13-11-10(2)12(15(21)23-9-8-22-4)24-14(11)19-16(17)18-13/h5-9H2,1-4H3. The molecule has 0 saturated heterocycles. The van der Waals surface area contributed by atoms with E-state index in [4.69, 9.17) is 21.1 Å². The fourth-order valence-electron chi connectivity index (χ4n) is 2.35. The van der Waals surface area contributed by atoms with E-state index in [-0.39, 0.29) is 17.9 Å². The lowest BCUT2D eigenvalue weighted by molar-refractivity contribution is 0.0393. The van der Waals surface area contributed by atoms with Crippen LogP contribution in [0.25, 0.3) is 10.2 Å². The van der Waals surface area contributed by atoms with Crippen LogP contribution in [-0.2, 0) is 9.47 Å². The number of methoxy groups -OCH3 is 1. The van der Waals surface area contributed by atoms with Crippen LogP contribution in [0.2, 0.25) is 5.28 Å². The van der Waals surface area contributed by atoms with Gasteiger partial charge in [-0.25, -0.2) is 9.78 Å². The number of aromatic nitrogens is 2. The maximum absolute atomic E-state index is 12.3. The number of carbonyl (C=O) groups excluding carboxylic acids is 1. The Kier molecular flexibility index (Phi) is 6.77. The van der Waals surface area contributed by atoms with Gasteiger partial charge in [0.1, 0.15) is 22.1 Å². The summed E-state index contributed by atoms with van der Waals surface area (Å²) in [6.45, 7) is 5.48. The minimum Gasteiger partial charge on any atom is -0.459 e. The fourth-order valence-corrected chi connectivity index (χ4v) is 3.63. The molecule has 2 heterocycles. The lowest BCUT2D eigenvalue weighted by Gasteiger charge is -2.19. The summed E-state index contributed by atoms with van der Waals surface area (Å²) in [4.78, 5) is 24.2. The van der Waals surface area contributed by atoms with Crippen LogP contribution in [0.15, 0.2) is 0 Å². The highest BCUT2D eigenvalue weighted by atomic mass is 35.5. The summed E-state index contributed by atoms with van der Waals surface area (Å²) in [6, 6.07) is 0. The summed E-state index contributed by atoms with van der Waals surface area (Å²) in [5.41, 5.74) is 0.826. The van der Waals surface area contributed by atoms with Crippen LogP contribution in [0.3, 0.4) is 0 Å². The van der Waals surface area contributed by atoms with Crippen LogP contribution in [0, 0.1) is 6.92 Å². The second-order valence-electron chi connectivity index (χ2n) is 5.46. The number of aryl methyl sites for hydroxylation is 1. The van der Waals surface area contributed by atoms with E-state index >= 15 is 0 Å². The Bertz CT molecular complexity index is 720. The number of rotatable bonds is 8. The molecular weight excluding hydrogens is 350 g/mol. The maximum Gasteiger partial charge on any atom is 0.348 e. The van der Waals surface area contributed by atoms with E-state index in [1.807, 2.05) is 14.0 Å². The molecule has 6 nitrogen and oxygen atoms in total. The van der Waals surface area contributed by atoms with Gasteiger partial charge in [-0.3, -0.25) is 0 Å². The number of halogens is 1. The Morgan fingerprint density at radius 2 is 2.08 bits per heavy atom. The van der Waals surface area contributed by atoms with Gasteiger partial charge in [-0.05, 0) is 30.5 Å². The first kappa shape index (κ1) is 18.9. The number of carbonyl (C=O) groups is 1. The molecule has 132 valence electrons. The molecule has 0 saturated carbocycles. The molecule has 0 unspecified atom stereocenters. The van der Waals surface area contributed by atoms with Crippen molar-refractivity contribution in [3.8, 4) is 0 Å². The summed E-state index contributed by atoms with van der Waals surface area (Å²) in [5, 5.41) is 1.04. The summed E-state index contributed by atoms with van der Waals surface area (Å²) >= 11 is 7.35. The Balaban J connectivity index is 2.40. The van der Waals surface area contributed by atoms with Gasteiger partial charge >= 0.3 is 5.97 Å². The highest BCUT2D eigenvalue weighted by Gasteiger charge is 2.22. The van der Waals surface area contributed by atoms with Gasteiger partial charge in [0.25, 0.3) is 0 Å². The van der Waals surface area contributed by atoms with Crippen molar-refractivity contribution in [2.24, 2.45) is 0 Å². The number of ether oxygens (including phenoxy) is 2. The molecule has 0 aromatic carbocycles. The molecule has 2 rings (SSSR count). The van der Waals surface area contributed by atoms with E-state index in [1.54, 1.807) is 7.11 Å². The lowest BCUT2D eigenvalue weighted by Crippen LogP contribution is -2.20. The van der Waals surface area contributed by atoms with Gasteiger partial charge in [-0.15, -0.1) is 11.3 Å². The summed E-state index contributed by atoms with van der Waals surface area (Å²) in [6.07, 6.45) is 2.14. The number of thiophene rings is 1. The van der Waals surface area contributed by atoms with E-state index in [0.29, 0.717) is 16.3 Å². The van der Waals surface area contributed by atoms with Crippen molar-refractivity contribution < 1.29 is 14.3 Å². The Morgan fingerprint density at radius 1 is 1.33 bits per heavy atom. The van der Waals surface area contributed by atoms with Crippen molar-refractivity contribution in [1.29, 1.82) is 0 Å². The molecule has 0 aliphatic heterocycles. The quantitative estimate of drug-likeness (QED) is 0.400. The van der Waals surface area contributed by atoms with Gasteiger partial charge in [-0.2, -0.15) is 4.98 Å². The third kappa shape index (κ3) is 4.15. The van der Waals surface area contributed by atoms with Crippen LogP contribution in [-0.4, -0.2) is 49.9 Å². The number of anilines is 1. The number of nitrogens with zero attached hydrogens (tertiary/aromatic N) is 3. The molecule has 0 bridgehead atoms. The second kappa shape index (κ2) is 8.60. The minimum atomic E-state index is -0.370. The molecule has 0 amide bonds. The van der Waals surface area contributed by atoms with Gasteiger partial charge in [0.2, 0.25) is 5.28 Å². The third-order valence-corrected chi connectivity index (χ3v) is 4.99. The normalized spacial score (nSPS) is 11.0. The van der Waals surface area contributed by atoms with Crippen molar-refractivity contribution in [3.63, 3.8) is 0 Å². The number of hydrogen-bond donors (Lipinski definition) is 0. The average molecular weight is 372 g/mol. The number of unbranched alkanes of at least 4 members (excludes halogenated alkanes) is 1. The molecule has 24 heavy (non-hydrogen) atoms. The Morgan fingerprint density at radius 3 is 2.75 bits per heavy atom. The highest BCUT2D eigenvalue weighted by Crippen LogP contribution is 2.36.